The Morgan fingerprint density at radius 3 is 2.11 bits per heavy atom. The number of rotatable bonds is 6. The van der Waals surface area contributed by atoms with E-state index in [-0.39, 0.29) is 13.1 Å². The molecule has 0 aromatic heterocycles. The van der Waals surface area contributed by atoms with Gasteiger partial charge in [-0.05, 0) is 11.6 Å². The maximum atomic E-state index is 11.3. The lowest BCUT2D eigenvalue weighted by atomic mass is 10.2. The van der Waals surface area contributed by atoms with Crippen molar-refractivity contribution in [3.63, 3.8) is 0 Å². The van der Waals surface area contributed by atoms with Crippen LogP contribution in [0.25, 0.3) is 0 Å². The van der Waals surface area contributed by atoms with Crippen LogP contribution in [-0.4, -0.2) is 44.1 Å². The summed E-state index contributed by atoms with van der Waals surface area (Å²) in [6.07, 6.45) is 0. The monoisotopic (exact) mass is 329 g/mol. The molecule has 0 fully saturated rings. The van der Waals surface area contributed by atoms with Crippen molar-refractivity contribution in [3.05, 3.63) is 34.3 Å². The zero-order chi connectivity index (χ0) is 14.3. The summed E-state index contributed by atoms with van der Waals surface area (Å²) in [6.45, 7) is 0.519. The number of hydrogen-bond donors (Lipinski definition) is 0. The molecule has 1 aromatic rings. The summed E-state index contributed by atoms with van der Waals surface area (Å²) in [7, 11) is 2.63. The number of esters is 2. The van der Waals surface area contributed by atoms with E-state index in [9.17, 15) is 9.59 Å². The van der Waals surface area contributed by atoms with E-state index in [2.05, 4.69) is 25.4 Å². The zero-order valence-electron chi connectivity index (χ0n) is 10.9. The van der Waals surface area contributed by atoms with Crippen molar-refractivity contribution in [1.29, 1.82) is 0 Å². The highest BCUT2D eigenvalue weighted by atomic mass is 79.9. The van der Waals surface area contributed by atoms with E-state index in [1.807, 2.05) is 24.3 Å². The van der Waals surface area contributed by atoms with Crippen molar-refractivity contribution in [1.82, 2.24) is 4.90 Å². The number of methoxy groups -OCH3 is 2. The van der Waals surface area contributed by atoms with Crippen LogP contribution in [0, 0.1) is 0 Å². The molecule has 0 radical (unpaired) electrons. The molecule has 1 rings (SSSR count). The maximum Gasteiger partial charge on any atom is 0.319 e. The zero-order valence-corrected chi connectivity index (χ0v) is 12.5. The van der Waals surface area contributed by atoms with Crippen molar-refractivity contribution in [2.24, 2.45) is 0 Å². The van der Waals surface area contributed by atoms with Crippen LogP contribution >= 0.6 is 15.9 Å². The van der Waals surface area contributed by atoms with E-state index in [1.165, 1.54) is 14.2 Å². The minimum atomic E-state index is -0.393. The quantitative estimate of drug-likeness (QED) is 0.742. The first-order valence-corrected chi connectivity index (χ1v) is 6.45. The molecule has 19 heavy (non-hydrogen) atoms. The SMILES string of the molecule is COC(=O)CN(CC(=O)OC)Cc1ccccc1Br. The van der Waals surface area contributed by atoms with Gasteiger partial charge in [0.2, 0.25) is 0 Å². The minimum Gasteiger partial charge on any atom is -0.468 e. The molecular weight excluding hydrogens is 314 g/mol. The molecule has 0 aliphatic heterocycles. The van der Waals surface area contributed by atoms with Crippen LogP contribution in [0.4, 0.5) is 0 Å². The summed E-state index contributed by atoms with van der Waals surface area (Å²) in [6, 6.07) is 7.63. The van der Waals surface area contributed by atoms with E-state index in [0.29, 0.717) is 6.54 Å². The average Bonchev–Trinajstić information content (AvgIpc) is 2.40. The molecule has 0 spiro atoms. The molecule has 0 unspecified atom stereocenters. The lowest BCUT2D eigenvalue weighted by Gasteiger charge is -2.20. The van der Waals surface area contributed by atoms with Gasteiger partial charge >= 0.3 is 11.9 Å². The second kappa shape index (κ2) is 7.91. The molecule has 0 amide bonds. The van der Waals surface area contributed by atoms with E-state index in [4.69, 9.17) is 0 Å². The van der Waals surface area contributed by atoms with Crippen LogP contribution in [-0.2, 0) is 25.6 Å². The number of carbonyl (C=O) groups excluding carboxylic acids is 2. The molecule has 0 aliphatic carbocycles. The lowest BCUT2D eigenvalue weighted by molar-refractivity contribution is -0.145. The van der Waals surface area contributed by atoms with Crippen molar-refractivity contribution in [2.75, 3.05) is 27.3 Å². The summed E-state index contributed by atoms with van der Waals surface area (Å²) in [5.41, 5.74) is 0.982. The van der Waals surface area contributed by atoms with Crippen LogP contribution in [0.3, 0.4) is 0 Å². The Morgan fingerprint density at radius 2 is 1.63 bits per heavy atom. The Kier molecular flexibility index (Phi) is 6.52. The molecule has 6 heteroatoms. The number of carbonyl (C=O) groups is 2. The van der Waals surface area contributed by atoms with Gasteiger partial charge in [0.05, 0.1) is 27.3 Å². The van der Waals surface area contributed by atoms with Crippen molar-refractivity contribution in [3.8, 4) is 0 Å². The Morgan fingerprint density at radius 1 is 1.11 bits per heavy atom. The Hall–Kier alpha value is -1.40. The van der Waals surface area contributed by atoms with Crippen molar-refractivity contribution >= 4 is 27.9 Å². The molecule has 5 nitrogen and oxygen atoms in total. The van der Waals surface area contributed by atoms with Gasteiger partial charge in [-0.3, -0.25) is 14.5 Å². The Balaban J connectivity index is 2.75. The molecule has 0 heterocycles. The summed E-state index contributed by atoms with van der Waals surface area (Å²) in [5, 5.41) is 0. The normalized spacial score (nSPS) is 10.3. The van der Waals surface area contributed by atoms with Gasteiger partial charge in [0.25, 0.3) is 0 Å². The number of hydrogen-bond acceptors (Lipinski definition) is 5. The average molecular weight is 330 g/mol. The second-order valence-electron chi connectivity index (χ2n) is 3.89. The first-order valence-electron chi connectivity index (χ1n) is 5.66. The molecule has 0 saturated heterocycles. The number of benzene rings is 1. The van der Waals surface area contributed by atoms with Crippen LogP contribution in [0.15, 0.2) is 28.7 Å². The van der Waals surface area contributed by atoms with E-state index in [0.717, 1.165) is 10.0 Å². The molecule has 0 N–H and O–H groups in total. The molecule has 1 aromatic carbocycles. The van der Waals surface area contributed by atoms with Crippen LogP contribution < -0.4 is 0 Å². The van der Waals surface area contributed by atoms with Gasteiger partial charge in [-0.15, -0.1) is 0 Å². The molecule has 104 valence electrons. The van der Waals surface area contributed by atoms with Crippen LogP contribution in [0.1, 0.15) is 5.56 Å². The van der Waals surface area contributed by atoms with E-state index in [1.54, 1.807) is 4.90 Å². The van der Waals surface area contributed by atoms with Crippen molar-refractivity contribution < 1.29 is 19.1 Å². The van der Waals surface area contributed by atoms with Crippen LogP contribution in [0.5, 0.6) is 0 Å². The van der Waals surface area contributed by atoms with Gasteiger partial charge in [-0.25, -0.2) is 0 Å². The van der Waals surface area contributed by atoms with E-state index >= 15 is 0 Å². The summed E-state index contributed by atoms with van der Waals surface area (Å²) in [4.78, 5) is 24.3. The predicted octanol–water partition coefficient (Wildman–Crippen LogP) is 1.60. The first kappa shape index (κ1) is 15.7. The number of halogens is 1. The first-order chi connectivity index (χ1) is 9.06. The third kappa shape index (κ3) is 5.40. The standard InChI is InChI=1S/C13H16BrNO4/c1-18-12(16)8-15(9-13(17)19-2)7-10-5-3-4-6-11(10)14/h3-6H,7-9H2,1-2H3. The predicted molar refractivity (Wildman–Crippen MR) is 73.5 cm³/mol. The summed E-state index contributed by atoms with van der Waals surface area (Å²) < 4.78 is 10.2. The van der Waals surface area contributed by atoms with Gasteiger partial charge in [-0.2, -0.15) is 0 Å². The fourth-order valence-corrected chi connectivity index (χ4v) is 1.94. The van der Waals surface area contributed by atoms with Gasteiger partial charge in [0, 0.05) is 11.0 Å². The fraction of sp³-hybridized carbons (Fsp3) is 0.385. The highest BCUT2D eigenvalue weighted by Crippen LogP contribution is 2.17. The molecule has 0 saturated carbocycles. The third-order valence-corrected chi connectivity index (χ3v) is 3.29. The lowest BCUT2D eigenvalue weighted by Crippen LogP contribution is -2.35. The number of nitrogens with zero attached hydrogens (tertiary/aromatic N) is 1. The molecular formula is C13H16BrNO4. The second-order valence-corrected chi connectivity index (χ2v) is 4.74. The fourth-order valence-electron chi connectivity index (χ4n) is 1.53. The topological polar surface area (TPSA) is 55.8 Å². The third-order valence-electron chi connectivity index (χ3n) is 2.51. The van der Waals surface area contributed by atoms with Gasteiger partial charge in [0.1, 0.15) is 0 Å². The Labute approximate surface area is 120 Å². The van der Waals surface area contributed by atoms with Crippen molar-refractivity contribution in [2.45, 2.75) is 6.54 Å². The van der Waals surface area contributed by atoms with Crippen LogP contribution in [0.2, 0.25) is 0 Å². The highest BCUT2D eigenvalue weighted by molar-refractivity contribution is 9.10. The van der Waals surface area contributed by atoms with Gasteiger partial charge in [0.15, 0.2) is 0 Å². The van der Waals surface area contributed by atoms with Gasteiger partial charge in [-0.1, -0.05) is 34.1 Å². The maximum absolute atomic E-state index is 11.3. The van der Waals surface area contributed by atoms with E-state index < -0.39 is 11.9 Å². The molecule has 0 bridgehead atoms. The molecule has 0 aliphatic rings. The minimum absolute atomic E-state index is 0.0347. The summed E-state index contributed by atoms with van der Waals surface area (Å²) in [5.74, 6) is -0.785. The van der Waals surface area contributed by atoms with Gasteiger partial charge < -0.3 is 9.47 Å². The highest BCUT2D eigenvalue weighted by Gasteiger charge is 2.16. The summed E-state index contributed by atoms with van der Waals surface area (Å²) >= 11 is 3.43. The molecule has 0 atom stereocenters. The smallest absolute Gasteiger partial charge is 0.319 e. The largest absolute Gasteiger partial charge is 0.468 e. The Bertz CT molecular complexity index is 432. The number of ether oxygens (including phenoxy) is 2.